The first-order chi connectivity index (χ1) is 8.63. The fourth-order valence-electron chi connectivity index (χ4n) is 2.07. The molecule has 2 heteroatoms. The van der Waals surface area contributed by atoms with E-state index in [1.54, 1.807) is 0 Å². The van der Waals surface area contributed by atoms with Crippen LogP contribution in [0.1, 0.15) is 24.0 Å². The van der Waals surface area contributed by atoms with Gasteiger partial charge in [0.1, 0.15) is 0 Å². The zero-order valence-electron chi connectivity index (χ0n) is 11.6. The van der Waals surface area contributed by atoms with Crippen LogP contribution in [0.2, 0.25) is 0 Å². The van der Waals surface area contributed by atoms with Crippen molar-refractivity contribution in [2.24, 2.45) is 0 Å². The van der Waals surface area contributed by atoms with Crippen LogP contribution in [-0.4, -0.2) is 31.1 Å². The average Bonchev–Trinajstić information content (AvgIpc) is 3.13. The third-order valence-corrected chi connectivity index (χ3v) is 3.28. The molecule has 0 spiro atoms. The molecule has 0 bridgehead atoms. The molecule has 1 saturated carbocycles. The number of benzene rings is 1. The van der Waals surface area contributed by atoms with E-state index < -0.39 is 0 Å². The largest absolute Gasteiger partial charge is 0.310 e. The summed E-state index contributed by atoms with van der Waals surface area (Å²) < 4.78 is 0. The molecule has 1 aliphatic rings. The lowest BCUT2D eigenvalue weighted by molar-refractivity contribution is 0.352. The number of nitrogens with one attached hydrogen (secondary N) is 1. The van der Waals surface area contributed by atoms with E-state index in [4.69, 9.17) is 0 Å². The minimum atomic E-state index is 0.768. The molecule has 98 valence electrons. The number of rotatable bonds is 7. The number of hydrogen-bond acceptors (Lipinski definition) is 2. The Kier molecular flexibility index (Phi) is 4.56. The summed E-state index contributed by atoms with van der Waals surface area (Å²) in [7, 11) is 2.15. The average molecular weight is 244 g/mol. The molecule has 18 heavy (non-hydrogen) atoms. The fourth-order valence-corrected chi connectivity index (χ4v) is 2.07. The summed E-state index contributed by atoms with van der Waals surface area (Å²) in [5, 5.41) is 3.51. The highest BCUT2D eigenvalue weighted by Gasteiger charge is 2.20. The number of likely N-dealkylation sites (N-methyl/N-ethyl adjacent to an activating group) is 1. The molecule has 0 unspecified atom stereocenters. The normalized spacial score (nSPS) is 15.1. The van der Waals surface area contributed by atoms with Crippen molar-refractivity contribution in [3.05, 3.63) is 47.5 Å². The first-order valence-electron chi connectivity index (χ1n) is 6.77. The van der Waals surface area contributed by atoms with Crippen molar-refractivity contribution in [1.82, 2.24) is 10.2 Å². The molecule has 1 aromatic rings. The van der Waals surface area contributed by atoms with Crippen LogP contribution < -0.4 is 5.32 Å². The van der Waals surface area contributed by atoms with Crippen LogP contribution in [0.15, 0.2) is 36.4 Å². The second-order valence-corrected chi connectivity index (χ2v) is 5.56. The number of nitrogens with zero attached hydrogens (tertiary/aromatic N) is 1. The van der Waals surface area contributed by atoms with Crippen molar-refractivity contribution >= 4 is 0 Å². The van der Waals surface area contributed by atoms with Crippen LogP contribution in [0, 0.1) is 6.92 Å². The highest BCUT2D eigenvalue weighted by molar-refractivity contribution is 5.21. The highest BCUT2D eigenvalue weighted by atomic mass is 15.1. The van der Waals surface area contributed by atoms with E-state index in [0.717, 1.165) is 25.7 Å². The smallest absolute Gasteiger partial charge is 0.0234 e. The Balaban J connectivity index is 1.71. The Bertz CT molecular complexity index is 390. The van der Waals surface area contributed by atoms with Gasteiger partial charge in [0.2, 0.25) is 0 Å². The van der Waals surface area contributed by atoms with Crippen molar-refractivity contribution in [2.75, 3.05) is 20.1 Å². The van der Waals surface area contributed by atoms with Gasteiger partial charge >= 0.3 is 0 Å². The maximum absolute atomic E-state index is 4.15. The van der Waals surface area contributed by atoms with Gasteiger partial charge in [-0.1, -0.05) is 36.4 Å². The van der Waals surface area contributed by atoms with E-state index in [1.165, 1.54) is 29.5 Å². The van der Waals surface area contributed by atoms with Crippen molar-refractivity contribution in [1.29, 1.82) is 0 Å². The molecule has 0 aromatic heterocycles. The standard InChI is InChI=1S/C16H24N2/c1-13-4-6-15(7-5-13)12-18(3)11-14(2)10-17-16-8-9-16/h4-7,16-17H,2,8-12H2,1,3H3. The Morgan fingerprint density at radius 1 is 1.33 bits per heavy atom. The van der Waals surface area contributed by atoms with Crippen molar-refractivity contribution in [3.63, 3.8) is 0 Å². The van der Waals surface area contributed by atoms with Gasteiger partial charge in [-0.15, -0.1) is 0 Å². The maximum atomic E-state index is 4.15. The van der Waals surface area contributed by atoms with Crippen molar-refractivity contribution < 1.29 is 0 Å². The molecule has 0 saturated heterocycles. The Labute approximate surface area is 111 Å². The van der Waals surface area contributed by atoms with Gasteiger partial charge in [-0.25, -0.2) is 0 Å². The Hall–Kier alpha value is -1.12. The van der Waals surface area contributed by atoms with Crippen molar-refractivity contribution in [2.45, 2.75) is 32.4 Å². The van der Waals surface area contributed by atoms with Crippen LogP contribution in [-0.2, 0) is 6.54 Å². The van der Waals surface area contributed by atoms with Crippen LogP contribution in [0.4, 0.5) is 0 Å². The molecule has 0 radical (unpaired) electrons. The summed E-state index contributed by atoms with van der Waals surface area (Å²) >= 11 is 0. The highest BCUT2D eigenvalue weighted by Crippen LogP contribution is 2.18. The molecule has 0 heterocycles. The minimum Gasteiger partial charge on any atom is -0.310 e. The molecule has 1 fully saturated rings. The zero-order valence-corrected chi connectivity index (χ0v) is 11.6. The lowest BCUT2D eigenvalue weighted by Crippen LogP contribution is -2.26. The molecule has 1 aliphatic carbocycles. The number of aryl methyl sites for hydroxylation is 1. The topological polar surface area (TPSA) is 15.3 Å². The van der Waals surface area contributed by atoms with Gasteiger partial charge in [-0.3, -0.25) is 4.90 Å². The first-order valence-corrected chi connectivity index (χ1v) is 6.77. The zero-order chi connectivity index (χ0) is 13.0. The third-order valence-electron chi connectivity index (χ3n) is 3.28. The maximum Gasteiger partial charge on any atom is 0.0234 e. The second-order valence-electron chi connectivity index (χ2n) is 5.56. The van der Waals surface area contributed by atoms with E-state index >= 15 is 0 Å². The predicted octanol–water partition coefficient (Wildman–Crippen LogP) is 2.74. The van der Waals surface area contributed by atoms with Gasteiger partial charge < -0.3 is 5.32 Å². The molecule has 0 atom stereocenters. The molecule has 2 nitrogen and oxygen atoms in total. The molecule has 2 rings (SSSR count). The van der Waals surface area contributed by atoms with Gasteiger partial charge in [-0.05, 0) is 37.9 Å². The van der Waals surface area contributed by atoms with E-state index in [2.05, 4.69) is 55.0 Å². The third kappa shape index (κ3) is 4.63. The second kappa shape index (κ2) is 6.17. The Morgan fingerprint density at radius 3 is 2.61 bits per heavy atom. The first kappa shape index (κ1) is 13.3. The monoisotopic (exact) mass is 244 g/mol. The van der Waals surface area contributed by atoms with Crippen LogP contribution in [0.25, 0.3) is 0 Å². The lowest BCUT2D eigenvalue weighted by atomic mass is 10.1. The molecule has 0 aliphatic heterocycles. The summed E-state index contributed by atoms with van der Waals surface area (Å²) in [4.78, 5) is 2.32. The van der Waals surface area contributed by atoms with E-state index in [-0.39, 0.29) is 0 Å². The summed E-state index contributed by atoms with van der Waals surface area (Å²) in [5.74, 6) is 0. The summed E-state index contributed by atoms with van der Waals surface area (Å²) in [6.45, 7) is 9.19. The van der Waals surface area contributed by atoms with Crippen LogP contribution >= 0.6 is 0 Å². The van der Waals surface area contributed by atoms with Gasteiger partial charge in [0.25, 0.3) is 0 Å². The minimum absolute atomic E-state index is 0.768. The van der Waals surface area contributed by atoms with Crippen LogP contribution in [0.3, 0.4) is 0 Å². The van der Waals surface area contributed by atoms with Gasteiger partial charge in [0, 0.05) is 25.7 Å². The number of hydrogen-bond donors (Lipinski definition) is 1. The van der Waals surface area contributed by atoms with E-state index in [1.807, 2.05) is 0 Å². The summed E-state index contributed by atoms with van der Waals surface area (Å²) in [5.41, 5.74) is 3.96. The summed E-state index contributed by atoms with van der Waals surface area (Å²) in [6.07, 6.45) is 2.68. The van der Waals surface area contributed by atoms with Gasteiger partial charge in [0.05, 0.1) is 0 Å². The van der Waals surface area contributed by atoms with Crippen LogP contribution in [0.5, 0.6) is 0 Å². The SMILES string of the molecule is C=C(CNC1CC1)CN(C)Cc1ccc(C)cc1. The van der Waals surface area contributed by atoms with Gasteiger partial charge in [0.15, 0.2) is 0 Å². The lowest BCUT2D eigenvalue weighted by Gasteiger charge is -2.18. The molecular formula is C16H24N2. The molecule has 1 N–H and O–H groups in total. The quantitative estimate of drug-likeness (QED) is 0.742. The summed E-state index contributed by atoms with van der Waals surface area (Å²) in [6, 6.07) is 9.53. The van der Waals surface area contributed by atoms with Crippen molar-refractivity contribution in [3.8, 4) is 0 Å². The fraction of sp³-hybridized carbons (Fsp3) is 0.500. The molecule has 1 aromatic carbocycles. The van der Waals surface area contributed by atoms with E-state index in [0.29, 0.717) is 0 Å². The molecule has 0 amide bonds. The Morgan fingerprint density at radius 2 is 2.00 bits per heavy atom. The van der Waals surface area contributed by atoms with Gasteiger partial charge in [-0.2, -0.15) is 0 Å². The van der Waals surface area contributed by atoms with E-state index in [9.17, 15) is 0 Å². The molecular weight excluding hydrogens is 220 g/mol. The predicted molar refractivity (Wildman–Crippen MR) is 77.7 cm³/mol.